The first-order chi connectivity index (χ1) is 12.8. The van der Waals surface area contributed by atoms with Crippen LogP contribution in [0.5, 0.6) is 0 Å². The third-order valence-corrected chi connectivity index (χ3v) is 6.12. The first-order valence-electron chi connectivity index (χ1n) is 9.81. The molecule has 2 aliphatic heterocycles. The maximum absolute atomic E-state index is 12.9. The normalized spacial score (nSPS) is 18.6. The van der Waals surface area contributed by atoms with E-state index in [4.69, 9.17) is 0 Å². The van der Waals surface area contributed by atoms with Gasteiger partial charge in [0.15, 0.2) is 0 Å². The Morgan fingerprint density at radius 3 is 2.54 bits per heavy atom. The SMILES string of the molecule is Cl.Cl.O=C(Cn1ccnc1-c1ccccc1)N1CCCC2(CCNCC2)CC1. The summed E-state index contributed by atoms with van der Waals surface area (Å²) in [5.74, 6) is 1.08. The van der Waals surface area contributed by atoms with Gasteiger partial charge in [-0.15, -0.1) is 24.8 Å². The number of likely N-dealkylation sites (tertiary alicyclic amines) is 1. The lowest BCUT2D eigenvalue weighted by molar-refractivity contribution is -0.131. The summed E-state index contributed by atoms with van der Waals surface area (Å²) < 4.78 is 1.98. The monoisotopic (exact) mass is 424 g/mol. The molecule has 2 fully saturated rings. The Balaban J connectivity index is 0.00000140. The van der Waals surface area contributed by atoms with Crippen molar-refractivity contribution in [2.75, 3.05) is 26.2 Å². The zero-order valence-corrected chi connectivity index (χ0v) is 17.8. The molecule has 5 nitrogen and oxygen atoms in total. The van der Waals surface area contributed by atoms with E-state index in [1.54, 1.807) is 6.20 Å². The molecule has 154 valence electrons. The van der Waals surface area contributed by atoms with Crippen molar-refractivity contribution in [3.05, 3.63) is 42.7 Å². The van der Waals surface area contributed by atoms with Gasteiger partial charge in [0.05, 0.1) is 0 Å². The Kier molecular flexibility index (Phi) is 8.35. The molecule has 2 saturated heterocycles. The summed E-state index contributed by atoms with van der Waals surface area (Å²) in [6.45, 7) is 4.42. The van der Waals surface area contributed by atoms with E-state index >= 15 is 0 Å². The molecule has 0 bridgehead atoms. The molecule has 2 aromatic rings. The van der Waals surface area contributed by atoms with Gasteiger partial charge >= 0.3 is 0 Å². The van der Waals surface area contributed by atoms with Crippen molar-refractivity contribution in [1.29, 1.82) is 0 Å². The second-order valence-corrected chi connectivity index (χ2v) is 7.73. The molecule has 1 amide bonds. The fourth-order valence-electron chi connectivity index (χ4n) is 4.49. The molecule has 2 aliphatic rings. The minimum atomic E-state index is 0. The summed E-state index contributed by atoms with van der Waals surface area (Å²) in [7, 11) is 0. The lowest BCUT2D eigenvalue weighted by Crippen LogP contribution is -2.38. The summed E-state index contributed by atoms with van der Waals surface area (Å²) in [4.78, 5) is 19.5. The molecule has 1 aromatic carbocycles. The van der Waals surface area contributed by atoms with Gasteiger partial charge in [0.1, 0.15) is 12.4 Å². The number of amides is 1. The molecule has 0 atom stereocenters. The Bertz CT molecular complexity index is 744. The van der Waals surface area contributed by atoms with Crippen molar-refractivity contribution in [2.45, 2.75) is 38.6 Å². The predicted octanol–water partition coefficient (Wildman–Crippen LogP) is 3.78. The number of rotatable bonds is 3. The number of hydrogen-bond donors (Lipinski definition) is 1. The molecule has 7 heteroatoms. The molecule has 1 N–H and O–H groups in total. The maximum atomic E-state index is 12.9. The number of halogens is 2. The summed E-state index contributed by atoms with van der Waals surface area (Å²) >= 11 is 0. The van der Waals surface area contributed by atoms with Gasteiger partial charge in [-0.3, -0.25) is 4.79 Å². The fraction of sp³-hybridized carbons (Fsp3) is 0.524. The van der Waals surface area contributed by atoms with E-state index < -0.39 is 0 Å². The first kappa shape index (κ1) is 22.7. The van der Waals surface area contributed by atoms with E-state index in [0.29, 0.717) is 12.0 Å². The van der Waals surface area contributed by atoms with Crippen LogP contribution in [0.1, 0.15) is 32.1 Å². The number of carbonyl (C=O) groups excluding carboxylic acids is 1. The second kappa shape index (κ2) is 10.3. The Morgan fingerprint density at radius 2 is 1.79 bits per heavy atom. The number of benzene rings is 1. The zero-order chi connectivity index (χ0) is 17.8. The smallest absolute Gasteiger partial charge is 0.242 e. The standard InChI is InChI=1S/C21H28N4O.2ClH/c26-19(17-25-16-13-23-20(25)18-5-2-1-3-6-18)24-14-4-7-21(10-15-24)8-11-22-12-9-21;;/h1-3,5-6,13,16,22H,4,7-12,14-15,17H2;2*1H. The first-order valence-corrected chi connectivity index (χ1v) is 9.81. The number of nitrogens with one attached hydrogen (secondary N) is 1. The van der Waals surface area contributed by atoms with Crippen LogP contribution in [0.3, 0.4) is 0 Å². The van der Waals surface area contributed by atoms with Gasteiger partial charge in [0, 0.05) is 31.0 Å². The van der Waals surface area contributed by atoms with Crippen molar-refractivity contribution in [3.8, 4) is 11.4 Å². The van der Waals surface area contributed by atoms with Gasteiger partial charge < -0.3 is 14.8 Å². The molecule has 1 aromatic heterocycles. The summed E-state index contributed by atoms with van der Waals surface area (Å²) in [5, 5.41) is 3.47. The topological polar surface area (TPSA) is 50.2 Å². The van der Waals surface area contributed by atoms with Crippen molar-refractivity contribution >= 4 is 30.7 Å². The van der Waals surface area contributed by atoms with Crippen LogP contribution in [0, 0.1) is 5.41 Å². The molecule has 1 spiro atoms. The number of imidazole rings is 1. The third kappa shape index (κ3) is 5.07. The van der Waals surface area contributed by atoms with Crippen LogP contribution in [0.15, 0.2) is 42.7 Å². The van der Waals surface area contributed by atoms with Crippen molar-refractivity contribution in [1.82, 2.24) is 19.8 Å². The van der Waals surface area contributed by atoms with E-state index in [1.165, 1.54) is 19.3 Å². The van der Waals surface area contributed by atoms with Crippen molar-refractivity contribution < 1.29 is 4.79 Å². The average molecular weight is 425 g/mol. The van der Waals surface area contributed by atoms with Crippen LogP contribution in [0.4, 0.5) is 0 Å². The summed E-state index contributed by atoms with van der Waals surface area (Å²) in [6, 6.07) is 10.1. The minimum Gasteiger partial charge on any atom is -0.341 e. The lowest BCUT2D eigenvalue weighted by Gasteiger charge is -2.37. The second-order valence-electron chi connectivity index (χ2n) is 7.73. The van der Waals surface area contributed by atoms with E-state index in [2.05, 4.69) is 15.2 Å². The van der Waals surface area contributed by atoms with Gasteiger partial charge in [0.2, 0.25) is 5.91 Å². The van der Waals surface area contributed by atoms with Gasteiger partial charge in [-0.05, 0) is 50.6 Å². The number of hydrogen-bond acceptors (Lipinski definition) is 3. The van der Waals surface area contributed by atoms with Crippen molar-refractivity contribution in [3.63, 3.8) is 0 Å². The molecule has 4 rings (SSSR count). The Labute approximate surface area is 179 Å². The highest BCUT2D eigenvalue weighted by Crippen LogP contribution is 2.39. The molecular weight excluding hydrogens is 395 g/mol. The Morgan fingerprint density at radius 1 is 1.04 bits per heavy atom. The molecule has 0 saturated carbocycles. The number of piperidine rings is 1. The number of aromatic nitrogens is 2. The number of carbonyl (C=O) groups is 1. The van der Waals surface area contributed by atoms with Crippen molar-refractivity contribution in [2.24, 2.45) is 5.41 Å². The molecule has 28 heavy (non-hydrogen) atoms. The lowest BCUT2D eigenvalue weighted by atomic mass is 9.73. The highest BCUT2D eigenvalue weighted by Gasteiger charge is 2.34. The number of nitrogens with zero attached hydrogens (tertiary/aromatic N) is 3. The minimum absolute atomic E-state index is 0. The Hall–Kier alpha value is -1.56. The van der Waals surface area contributed by atoms with E-state index in [9.17, 15) is 4.79 Å². The average Bonchev–Trinajstić information content (AvgIpc) is 3.04. The van der Waals surface area contributed by atoms with Gasteiger partial charge in [0.25, 0.3) is 0 Å². The predicted molar refractivity (Wildman–Crippen MR) is 117 cm³/mol. The zero-order valence-electron chi connectivity index (χ0n) is 16.2. The molecular formula is C21H30Cl2N4O. The van der Waals surface area contributed by atoms with Crippen LogP contribution in [-0.2, 0) is 11.3 Å². The van der Waals surface area contributed by atoms with Crippen LogP contribution in [-0.4, -0.2) is 46.5 Å². The van der Waals surface area contributed by atoms with Gasteiger partial charge in [-0.2, -0.15) is 0 Å². The quantitative estimate of drug-likeness (QED) is 0.815. The summed E-state index contributed by atoms with van der Waals surface area (Å²) in [5.41, 5.74) is 1.51. The molecule has 0 radical (unpaired) electrons. The molecule has 3 heterocycles. The highest BCUT2D eigenvalue weighted by molar-refractivity contribution is 5.85. The maximum Gasteiger partial charge on any atom is 0.242 e. The van der Waals surface area contributed by atoms with E-state index in [-0.39, 0.29) is 30.7 Å². The van der Waals surface area contributed by atoms with Crippen LogP contribution < -0.4 is 5.32 Å². The largest absolute Gasteiger partial charge is 0.341 e. The molecule has 0 aliphatic carbocycles. The highest BCUT2D eigenvalue weighted by atomic mass is 35.5. The van der Waals surface area contributed by atoms with Gasteiger partial charge in [-0.25, -0.2) is 4.98 Å². The fourth-order valence-corrected chi connectivity index (χ4v) is 4.49. The van der Waals surface area contributed by atoms with Crippen LogP contribution in [0.25, 0.3) is 11.4 Å². The van der Waals surface area contributed by atoms with Crippen LogP contribution in [0.2, 0.25) is 0 Å². The van der Waals surface area contributed by atoms with Crippen LogP contribution >= 0.6 is 24.8 Å². The van der Waals surface area contributed by atoms with Gasteiger partial charge in [-0.1, -0.05) is 30.3 Å². The van der Waals surface area contributed by atoms with E-state index in [0.717, 1.165) is 50.4 Å². The molecule has 0 unspecified atom stereocenters. The third-order valence-electron chi connectivity index (χ3n) is 6.12. The summed E-state index contributed by atoms with van der Waals surface area (Å²) in [6.07, 6.45) is 9.74. The van der Waals surface area contributed by atoms with E-state index in [1.807, 2.05) is 41.1 Å².